The van der Waals surface area contributed by atoms with Gasteiger partial charge in [-0.25, -0.2) is 13.8 Å². The van der Waals surface area contributed by atoms with Crippen LogP contribution in [0.15, 0.2) is 47.6 Å². The van der Waals surface area contributed by atoms with Crippen molar-refractivity contribution in [1.29, 1.82) is 0 Å². The lowest BCUT2D eigenvalue weighted by molar-refractivity contribution is -0.119. The molecule has 1 amide bonds. The second-order valence-corrected chi connectivity index (χ2v) is 7.78. The summed E-state index contributed by atoms with van der Waals surface area (Å²) in [5, 5.41) is 3.88. The van der Waals surface area contributed by atoms with Crippen molar-refractivity contribution in [3.63, 3.8) is 0 Å². The zero-order chi connectivity index (χ0) is 21.4. The Bertz CT molecular complexity index is 991. The van der Waals surface area contributed by atoms with Gasteiger partial charge in [-0.15, -0.1) is 0 Å². The van der Waals surface area contributed by atoms with Gasteiger partial charge in [-0.05, 0) is 24.3 Å². The molecule has 2 rings (SSSR count). The number of hydrazone groups is 1. The first-order valence-corrected chi connectivity index (χ1v) is 10.3. The number of hydrogen-bond donors (Lipinski definition) is 1. The summed E-state index contributed by atoms with van der Waals surface area (Å²) in [4.78, 5) is 12.3. The molecule has 10 heteroatoms. The molecule has 0 unspecified atom stereocenters. The second kappa shape index (κ2) is 9.78. The Morgan fingerprint density at radius 2 is 1.76 bits per heavy atom. The highest BCUT2D eigenvalue weighted by atomic mass is 32.2. The summed E-state index contributed by atoms with van der Waals surface area (Å²) in [5.41, 5.74) is 3.24. The van der Waals surface area contributed by atoms with Gasteiger partial charge in [0.15, 0.2) is 0 Å². The Balaban J connectivity index is 2.12. The number of anilines is 1. The minimum absolute atomic E-state index is 0.308. The van der Waals surface area contributed by atoms with Crippen LogP contribution in [0.1, 0.15) is 5.56 Å². The molecule has 0 radical (unpaired) electrons. The van der Waals surface area contributed by atoms with E-state index in [9.17, 15) is 13.2 Å². The zero-order valence-corrected chi connectivity index (χ0v) is 17.4. The maximum Gasteiger partial charge on any atom is 0.260 e. The number of amides is 1. The molecule has 0 aliphatic heterocycles. The largest absolute Gasteiger partial charge is 0.497 e. The van der Waals surface area contributed by atoms with Crippen LogP contribution in [0, 0.1) is 0 Å². The van der Waals surface area contributed by atoms with Crippen molar-refractivity contribution in [2.45, 2.75) is 0 Å². The first kappa shape index (κ1) is 22.0. The molecule has 0 aliphatic rings. The number of ether oxygens (including phenoxy) is 3. The van der Waals surface area contributed by atoms with Crippen LogP contribution < -0.4 is 23.9 Å². The van der Waals surface area contributed by atoms with Crippen molar-refractivity contribution >= 4 is 27.8 Å². The third kappa shape index (κ3) is 6.11. The molecule has 2 aromatic carbocycles. The van der Waals surface area contributed by atoms with Gasteiger partial charge in [0.25, 0.3) is 5.91 Å². The lowest BCUT2D eigenvalue weighted by atomic mass is 10.2. The Hall–Kier alpha value is -3.27. The number of sulfonamides is 1. The monoisotopic (exact) mass is 421 g/mol. The molecule has 0 spiro atoms. The number of rotatable bonds is 9. The third-order valence-electron chi connectivity index (χ3n) is 3.86. The van der Waals surface area contributed by atoms with Crippen LogP contribution in [0.2, 0.25) is 0 Å². The summed E-state index contributed by atoms with van der Waals surface area (Å²) >= 11 is 0. The van der Waals surface area contributed by atoms with Crippen LogP contribution in [0.25, 0.3) is 0 Å². The molecule has 0 saturated heterocycles. The predicted molar refractivity (Wildman–Crippen MR) is 110 cm³/mol. The Kier molecular flexibility index (Phi) is 7.43. The van der Waals surface area contributed by atoms with E-state index in [0.717, 1.165) is 10.6 Å². The highest BCUT2D eigenvalue weighted by molar-refractivity contribution is 7.92. The van der Waals surface area contributed by atoms with Crippen molar-refractivity contribution in [1.82, 2.24) is 5.43 Å². The molecular weight excluding hydrogens is 398 g/mol. The van der Waals surface area contributed by atoms with Gasteiger partial charge in [0.1, 0.15) is 23.8 Å². The number of benzene rings is 2. The standard InChI is InChI=1S/C19H23N3O6S/c1-26-16-7-5-6-15(10-16)22(29(4,24)25)13-19(23)21-20-12-14-8-9-17(27-2)11-18(14)28-3/h5-12H,13H2,1-4H3,(H,21,23)/b20-12-. The van der Waals surface area contributed by atoms with Crippen molar-refractivity contribution in [3.05, 3.63) is 48.0 Å². The predicted octanol–water partition coefficient (Wildman–Crippen LogP) is 1.63. The lowest BCUT2D eigenvalue weighted by Crippen LogP contribution is -2.39. The number of methoxy groups -OCH3 is 3. The van der Waals surface area contributed by atoms with E-state index in [1.54, 1.807) is 43.5 Å². The summed E-state index contributed by atoms with van der Waals surface area (Å²) in [6.45, 7) is -0.441. The average molecular weight is 421 g/mol. The van der Waals surface area contributed by atoms with E-state index in [1.807, 2.05) is 0 Å². The van der Waals surface area contributed by atoms with Gasteiger partial charge >= 0.3 is 0 Å². The van der Waals surface area contributed by atoms with E-state index in [0.29, 0.717) is 28.5 Å². The van der Waals surface area contributed by atoms with Crippen LogP contribution in [-0.2, 0) is 14.8 Å². The highest BCUT2D eigenvalue weighted by Crippen LogP contribution is 2.24. The Labute approximate surface area is 169 Å². The van der Waals surface area contributed by atoms with Gasteiger partial charge in [0, 0.05) is 17.7 Å². The fourth-order valence-corrected chi connectivity index (χ4v) is 3.28. The van der Waals surface area contributed by atoms with E-state index in [4.69, 9.17) is 14.2 Å². The van der Waals surface area contributed by atoms with E-state index >= 15 is 0 Å². The van der Waals surface area contributed by atoms with Crippen LogP contribution in [0.5, 0.6) is 17.2 Å². The van der Waals surface area contributed by atoms with E-state index < -0.39 is 22.5 Å². The molecule has 0 bridgehead atoms. The van der Waals surface area contributed by atoms with Gasteiger partial charge < -0.3 is 14.2 Å². The molecule has 0 aromatic heterocycles. The Morgan fingerprint density at radius 3 is 2.38 bits per heavy atom. The Morgan fingerprint density at radius 1 is 1.07 bits per heavy atom. The number of hydrogen-bond acceptors (Lipinski definition) is 7. The lowest BCUT2D eigenvalue weighted by Gasteiger charge is -2.21. The second-order valence-electron chi connectivity index (χ2n) is 5.87. The first-order chi connectivity index (χ1) is 13.8. The maximum atomic E-state index is 12.3. The van der Waals surface area contributed by atoms with Gasteiger partial charge in [-0.1, -0.05) is 6.07 Å². The smallest absolute Gasteiger partial charge is 0.260 e. The topological polar surface area (TPSA) is 107 Å². The van der Waals surface area contributed by atoms with E-state index in [-0.39, 0.29) is 0 Å². The van der Waals surface area contributed by atoms with Crippen LogP contribution in [-0.4, -0.2) is 54.7 Å². The molecule has 156 valence electrons. The SMILES string of the molecule is COc1cccc(N(CC(=O)N/N=C\c2ccc(OC)cc2OC)S(C)(=O)=O)c1. The summed E-state index contributed by atoms with van der Waals surface area (Å²) in [6, 6.07) is 11.5. The highest BCUT2D eigenvalue weighted by Gasteiger charge is 2.21. The number of carbonyl (C=O) groups is 1. The van der Waals surface area contributed by atoms with Crippen molar-refractivity contribution in [2.24, 2.45) is 5.10 Å². The summed E-state index contributed by atoms with van der Waals surface area (Å²) in [6.07, 6.45) is 2.41. The van der Waals surface area contributed by atoms with Crippen LogP contribution in [0.3, 0.4) is 0 Å². The summed E-state index contributed by atoms with van der Waals surface area (Å²) < 4.78 is 40.7. The number of nitrogens with zero attached hydrogens (tertiary/aromatic N) is 2. The summed E-state index contributed by atoms with van der Waals surface area (Å²) in [5.74, 6) is 0.991. The van der Waals surface area contributed by atoms with Crippen molar-refractivity contribution in [2.75, 3.05) is 38.4 Å². The third-order valence-corrected chi connectivity index (χ3v) is 5.00. The van der Waals surface area contributed by atoms with Gasteiger partial charge in [-0.2, -0.15) is 5.10 Å². The molecular formula is C19H23N3O6S. The fraction of sp³-hybridized carbons (Fsp3) is 0.263. The number of nitrogens with one attached hydrogen (secondary N) is 1. The average Bonchev–Trinajstić information content (AvgIpc) is 2.71. The van der Waals surface area contributed by atoms with E-state index in [1.165, 1.54) is 26.5 Å². The van der Waals surface area contributed by atoms with Crippen LogP contribution >= 0.6 is 0 Å². The molecule has 0 aliphatic carbocycles. The minimum Gasteiger partial charge on any atom is -0.497 e. The van der Waals surface area contributed by atoms with Crippen molar-refractivity contribution < 1.29 is 27.4 Å². The molecule has 29 heavy (non-hydrogen) atoms. The molecule has 0 saturated carbocycles. The van der Waals surface area contributed by atoms with E-state index in [2.05, 4.69) is 10.5 Å². The molecule has 1 N–H and O–H groups in total. The normalized spacial score (nSPS) is 11.2. The molecule has 0 atom stereocenters. The fourth-order valence-electron chi connectivity index (χ4n) is 2.43. The van der Waals surface area contributed by atoms with Crippen LogP contribution in [0.4, 0.5) is 5.69 Å². The van der Waals surface area contributed by atoms with Gasteiger partial charge in [0.2, 0.25) is 10.0 Å². The number of carbonyl (C=O) groups excluding carboxylic acids is 1. The summed E-state index contributed by atoms with van der Waals surface area (Å²) in [7, 11) is 0.812. The zero-order valence-electron chi connectivity index (χ0n) is 16.6. The molecule has 0 fully saturated rings. The first-order valence-electron chi connectivity index (χ1n) is 8.44. The molecule has 9 nitrogen and oxygen atoms in total. The maximum absolute atomic E-state index is 12.3. The van der Waals surface area contributed by atoms with Gasteiger partial charge in [0.05, 0.1) is 39.5 Å². The molecule has 0 heterocycles. The van der Waals surface area contributed by atoms with Gasteiger partial charge in [-0.3, -0.25) is 9.10 Å². The quantitative estimate of drug-likeness (QED) is 0.487. The minimum atomic E-state index is -3.70. The van der Waals surface area contributed by atoms with Crippen molar-refractivity contribution in [3.8, 4) is 17.2 Å². The molecule has 2 aromatic rings.